The molecule has 9 heteroatoms. The van der Waals surface area contributed by atoms with Gasteiger partial charge in [0.05, 0.1) is 28.7 Å². The first-order valence-corrected chi connectivity index (χ1v) is 13.1. The van der Waals surface area contributed by atoms with Gasteiger partial charge in [-0.1, -0.05) is 50.1 Å². The van der Waals surface area contributed by atoms with E-state index in [0.717, 1.165) is 29.5 Å². The van der Waals surface area contributed by atoms with Gasteiger partial charge in [-0.05, 0) is 70.7 Å². The Morgan fingerprint density at radius 2 is 1.82 bits per heavy atom. The lowest BCUT2D eigenvalue weighted by Crippen LogP contribution is -2.28. The molecule has 1 saturated carbocycles. The summed E-state index contributed by atoms with van der Waals surface area (Å²) in [5.74, 6) is 0.603. The van der Waals surface area contributed by atoms with Crippen LogP contribution in [0.1, 0.15) is 17.5 Å². The molecule has 2 fully saturated rings. The summed E-state index contributed by atoms with van der Waals surface area (Å²) >= 11 is 9.19. The zero-order valence-corrected chi connectivity index (χ0v) is 22.8. The van der Waals surface area contributed by atoms with Crippen LogP contribution in [0.25, 0.3) is 0 Å². The Labute approximate surface area is 221 Å². The highest BCUT2D eigenvalue weighted by molar-refractivity contribution is 14.1. The number of fused-ring (bicyclic) bond motifs is 5. The number of carbonyl (C=O) groups excluding carboxylic acids is 2. The van der Waals surface area contributed by atoms with Crippen molar-refractivity contribution in [3.05, 3.63) is 66.1 Å². The van der Waals surface area contributed by atoms with E-state index in [0.29, 0.717) is 23.7 Å². The van der Waals surface area contributed by atoms with Crippen LogP contribution >= 0.6 is 54.5 Å². The molecule has 2 bridgehead atoms. The van der Waals surface area contributed by atoms with E-state index in [-0.39, 0.29) is 35.5 Å². The minimum atomic E-state index is -0.256. The highest BCUT2D eigenvalue weighted by Gasteiger charge is 2.59. The molecular weight excluding hydrogens is 667 g/mol. The van der Waals surface area contributed by atoms with Crippen molar-refractivity contribution in [2.45, 2.75) is 13.0 Å². The van der Waals surface area contributed by atoms with E-state index in [2.05, 4.69) is 71.7 Å². The Hall–Kier alpha value is -1.72. The van der Waals surface area contributed by atoms with Gasteiger partial charge in [0.15, 0.2) is 11.5 Å². The third-order valence-electron chi connectivity index (χ3n) is 6.41. The number of allylic oxidation sites excluding steroid dienone is 2. The average Bonchev–Trinajstić information content (AvgIpc) is 3.46. The Balaban J connectivity index is 1.33. The molecule has 4 atom stereocenters. The first kappa shape index (κ1) is 23.0. The van der Waals surface area contributed by atoms with Crippen LogP contribution < -0.4 is 9.47 Å². The molecule has 0 aromatic heterocycles. The molecule has 0 radical (unpaired) electrons. The van der Waals surface area contributed by atoms with E-state index in [1.165, 1.54) is 6.21 Å². The van der Waals surface area contributed by atoms with E-state index < -0.39 is 0 Å². The fourth-order valence-corrected chi connectivity index (χ4v) is 6.81. The Morgan fingerprint density at radius 3 is 2.45 bits per heavy atom. The van der Waals surface area contributed by atoms with Gasteiger partial charge in [-0.25, -0.2) is 0 Å². The van der Waals surface area contributed by atoms with Crippen LogP contribution in [0, 0.1) is 27.2 Å². The number of hydrogen-bond acceptors (Lipinski definition) is 5. The summed E-state index contributed by atoms with van der Waals surface area (Å²) in [6.07, 6.45) is 6.58. The summed E-state index contributed by atoms with van der Waals surface area (Å²) < 4.78 is 14.4. The molecule has 3 aliphatic rings. The molecule has 2 amide bonds. The predicted octanol–water partition coefficient (Wildman–Crippen LogP) is 5.54. The smallest absolute Gasteiger partial charge is 0.254 e. The average molecular weight is 686 g/mol. The number of nitrogens with zero attached hydrogens (tertiary/aromatic N) is 2. The van der Waals surface area contributed by atoms with Gasteiger partial charge in [-0.3, -0.25) is 9.59 Å². The van der Waals surface area contributed by atoms with E-state index in [4.69, 9.17) is 9.47 Å². The summed E-state index contributed by atoms with van der Waals surface area (Å²) in [7, 11) is 1.58. The van der Waals surface area contributed by atoms with Crippen LogP contribution in [-0.4, -0.2) is 30.1 Å². The third-order valence-corrected chi connectivity index (χ3v) is 8.44. The number of hydrazone groups is 1. The predicted molar refractivity (Wildman–Crippen MR) is 139 cm³/mol. The maximum absolute atomic E-state index is 12.8. The minimum Gasteiger partial charge on any atom is -0.493 e. The molecule has 1 saturated heterocycles. The molecule has 1 aliphatic heterocycles. The number of hydrogen-bond donors (Lipinski definition) is 0. The molecule has 33 heavy (non-hydrogen) atoms. The van der Waals surface area contributed by atoms with Gasteiger partial charge in [0.1, 0.15) is 6.61 Å². The monoisotopic (exact) mass is 684 g/mol. The fourth-order valence-electron chi connectivity index (χ4n) is 4.87. The second-order valence-electron chi connectivity index (χ2n) is 8.29. The first-order valence-electron chi connectivity index (χ1n) is 10.4. The minimum absolute atomic E-state index is 0.167. The van der Waals surface area contributed by atoms with Crippen LogP contribution in [0.15, 0.2) is 56.5 Å². The maximum atomic E-state index is 12.8. The van der Waals surface area contributed by atoms with E-state index in [1.807, 2.05) is 24.3 Å². The van der Waals surface area contributed by atoms with Gasteiger partial charge in [0, 0.05) is 14.5 Å². The van der Waals surface area contributed by atoms with Crippen LogP contribution in [0.5, 0.6) is 11.5 Å². The number of imide groups is 1. The number of benzene rings is 2. The van der Waals surface area contributed by atoms with E-state index in [9.17, 15) is 9.59 Å². The zero-order chi connectivity index (χ0) is 23.3. The van der Waals surface area contributed by atoms with Crippen LogP contribution in [0.2, 0.25) is 0 Å². The maximum Gasteiger partial charge on any atom is 0.254 e. The highest BCUT2D eigenvalue weighted by atomic mass is 127. The van der Waals surface area contributed by atoms with Gasteiger partial charge >= 0.3 is 0 Å². The molecule has 2 aliphatic carbocycles. The molecule has 2 aromatic carbocycles. The summed E-state index contributed by atoms with van der Waals surface area (Å²) in [5.41, 5.74) is 1.72. The molecular formula is C24H19Br2IN2O4. The number of ether oxygens (including phenoxy) is 2. The van der Waals surface area contributed by atoms with E-state index >= 15 is 0 Å². The second kappa shape index (κ2) is 9.14. The Kier molecular flexibility index (Phi) is 6.39. The lowest BCUT2D eigenvalue weighted by atomic mass is 9.85. The molecule has 1 heterocycles. The number of halogens is 3. The molecule has 170 valence electrons. The molecule has 0 unspecified atom stereocenters. The number of carbonyl (C=O) groups is 2. The van der Waals surface area contributed by atoms with Gasteiger partial charge < -0.3 is 9.47 Å². The van der Waals surface area contributed by atoms with Crippen LogP contribution in [0.3, 0.4) is 0 Å². The molecule has 6 nitrogen and oxygen atoms in total. The number of amides is 2. The van der Waals surface area contributed by atoms with Gasteiger partial charge in [0.25, 0.3) is 11.8 Å². The molecule has 2 aromatic rings. The van der Waals surface area contributed by atoms with Crippen LogP contribution in [0.4, 0.5) is 0 Å². The number of rotatable bonds is 6. The lowest BCUT2D eigenvalue weighted by molar-refractivity contribution is -0.140. The fraction of sp³-hybridized carbons (Fsp3) is 0.292. The first-order chi connectivity index (χ1) is 15.9. The second-order valence-corrected chi connectivity index (χ2v) is 11.2. The summed E-state index contributed by atoms with van der Waals surface area (Å²) in [6.45, 7) is 0.365. The summed E-state index contributed by atoms with van der Waals surface area (Å²) in [6, 6.07) is 9.58. The topological polar surface area (TPSA) is 68.2 Å². The van der Waals surface area contributed by atoms with Crippen molar-refractivity contribution in [3.8, 4) is 11.5 Å². The molecule has 0 spiro atoms. The summed E-state index contributed by atoms with van der Waals surface area (Å²) in [5, 5.41) is 5.32. The lowest BCUT2D eigenvalue weighted by Gasteiger charge is -2.15. The third kappa shape index (κ3) is 4.16. The van der Waals surface area contributed by atoms with Crippen molar-refractivity contribution < 1.29 is 19.1 Å². The number of methoxy groups -OCH3 is 1. The normalized spacial score (nSPS) is 25.4. The zero-order valence-electron chi connectivity index (χ0n) is 17.5. The van der Waals surface area contributed by atoms with Crippen molar-refractivity contribution in [2.24, 2.45) is 28.8 Å². The van der Waals surface area contributed by atoms with E-state index in [1.54, 1.807) is 13.2 Å². The van der Waals surface area contributed by atoms with Crippen molar-refractivity contribution >= 4 is 72.5 Å². The standard InChI is InChI=1S/C24H19Br2IN2O4/c1-32-19-7-12(6-18(27)22(19)33-11-15-4-5-16(25)9-17(15)26)10-28-29-23(30)20-13-2-3-14(8-13)21(20)24(29)31/h2-7,9-10,13-14,20-21H,8,11H2,1H3/t13-,14-,20-,21+/m0/s1. The highest BCUT2D eigenvalue weighted by Crippen LogP contribution is 2.52. The van der Waals surface area contributed by atoms with Gasteiger partial charge in [-0.2, -0.15) is 10.1 Å². The largest absolute Gasteiger partial charge is 0.493 e. The van der Waals surface area contributed by atoms with Gasteiger partial charge in [0.2, 0.25) is 0 Å². The van der Waals surface area contributed by atoms with Gasteiger partial charge in [-0.15, -0.1) is 0 Å². The Bertz CT molecular complexity index is 1190. The van der Waals surface area contributed by atoms with Crippen molar-refractivity contribution in [1.29, 1.82) is 0 Å². The van der Waals surface area contributed by atoms with Crippen molar-refractivity contribution in [2.75, 3.05) is 7.11 Å². The van der Waals surface area contributed by atoms with Crippen molar-refractivity contribution in [1.82, 2.24) is 5.01 Å². The van der Waals surface area contributed by atoms with Crippen molar-refractivity contribution in [3.63, 3.8) is 0 Å². The quantitative estimate of drug-likeness (QED) is 0.173. The summed E-state index contributed by atoms with van der Waals surface area (Å²) in [4.78, 5) is 25.7. The molecule has 0 N–H and O–H groups in total. The Morgan fingerprint density at radius 1 is 1.12 bits per heavy atom. The molecule has 5 rings (SSSR count). The van der Waals surface area contributed by atoms with Crippen LogP contribution in [-0.2, 0) is 16.2 Å². The SMILES string of the molecule is COc1cc(C=NN2C(=O)[C@@H]3[C@H](C2=O)[C@H]2C=C[C@H]3C2)cc(I)c1OCc1ccc(Br)cc1Br.